The molecule has 6 heteroatoms. The molecule has 0 bridgehead atoms. The van der Waals surface area contributed by atoms with Gasteiger partial charge in [0.2, 0.25) is 11.8 Å². The lowest BCUT2D eigenvalue weighted by atomic mass is 9.87. The summed E-state index contributed by atoms with van der Waals surface area (Å²) in [6, 6.07) is 12.2. The molecule has 1 aliphatic heterocycles. The molecule has 0 aliphatic carbocycles. The van der Waals surface area contributed by atoms with Gasteiger partial charge in [0.05, 0.1) is 18.5 Å². The van der Waals surface area contributed by atoms with Crippen molar-refractivity contribution in [2.45, 2.75) is 39.0 Å². The molecule has 2 aromatic rings. The zero-order valence-corrected chi connectivity index (χ0v) is 16.5. The van der Waals surface area contributed by atoms with Crippen LogP contribution in [-0.4, -0.2) is 24.8 Å². The number of carbonyl (C=O) groups is 3. The smallest absolute Gasteiger partial charge is 0.255 e. The first kappa shape index (κ1) is 19.6. The van der Waals surface area contributed by atoms with Crippen molar-refractivity contribution < 1.29 is 19.1 Å². The van der Waals surface area contributed by atoms with Crippen LogP contribution >= 0.6 is 0 Å². The Morgan fingerprint density at radius 1 is 1.04 bits per heavy atom. The molecule has 0 aromatic heterocycles. The van der Waals surface area contributed by atoms with E-state index in [0.29, 0.717) is 22.7 Å². The van der Waals surface area contributed by atoms with Crippen LogP contribution in [0.1, 0.15) is 49.5 Å². The summed E-state index contributed by atoms with van der Waals surface area (Å²) >= 11 is 0. The van der Waals surface area contributed by atoms with E-state index in [4.69, 9.17) is 4.74 Å². The van der Waals surface area contributed by atoms with Gasteiger partial charge in [-0.05, 0) is 41.3 Å². The van der Waals surface area contributed by atoms with E-state index in [9.17, 15) is 14.4 Å². The van der Waals surface area contributed by atoms with Gasteiger partial charge in [-0.3, -0.25) is 19.3 Å². The molecule has 3 amide bonds. The average molecular weight is 380 g/mol. The largest absolute Gasteiger partial charge is 0.495 e. The molecule has 0 radical (unpaired) electrons. The Balaban J connectivity index is 1.89. The van der Waals surface area contributed by atoms with Gasteiger partial charge < -0.3 is 10.1 Å². The number of nitrogens with zero attached hydrogens (tertiary/aromatic N) is 1. The Kier molecular flexibility index (Phi) is 5.23. The number of nitrogens with one attached hydrogen (secondary N) is 1. The molecule has 1 N–H and O–H groups in total. The molecule has 6 nitrogen and oxygen atoms in total. The predicted molar refractivity (Wildman–Crippen MR) is 108 cm³/mol. The first-order valence-electron chi connectivity index (χ1n) is 9.16. The molecule has 1 heterocycles. The summed E-state index contributed by atoms with van der Waals surface area (Å²) in [4.78, 5) is 37.9. The third kappa shape index (κ3) is 3.91. The Labute approximate surface area is 164 Å². The average Bonchev–Trinajstić information content (AvgIpc) is 2.99. The van der Waals surface area contributed by atoms with Crippen molar-refractivity contribution in [3.05, 3.63) is 53.6 Å². The molecule has 0 saturated carbocycles. The minimum absolute atomic E-state index is 0.0812. The highest BCUT2D eigenvalue weighted by Crippen LogP contribution is 2.32. The van der Waals surface area contributed by atoms with Crippen LogP contribution in [0, 0.1) is 0 Å². The fourth-order valence-electron chi connectivity index (χ4n) is 3.12. The first-order valence-corrected chi connectivity index (χ1v) is 9.16. The number of rotatable bonds is 4. The van der Waals surface area contributed by atoms with E-state index in [1.54, 1.807) is 31.4 Å². The van der Waals surface area contributed by atoms with Crippen LogP contribution in [0.15, 0.2) is 42.5 Å². The van der Waals surface area contributed by atoms with Crippen LogP contribution in [0.25, 0.3) is 0 Å². The zero-order valence-electron chi connectivity index (χ0n) is 16.5. The van der Waals surface area contributed by atoms with Gasteiger partial charge in [0.15, 0.2) is 0 Å². The Morgan fingerprint density at radius 3 is 2.32 bits per heavy atom. The second-order valence-electron chi connectivity index (χ2n) is 7.79. The molecular weight excluding hydrogens is 356 g/mol. The Bertz CT molecular complexity index is 928. The lowest BCUT2D eigenvalue weighted by Gasteiger charge is -2.21. The Morgan fingerprint density at radius 2 is 1.71 bits per heavy atom. The standard InChI is InChI=1S/C22H24N2O4/c1-22(2,3)15-8-9-18(28-4)17(13-15)23-21(27)14-6-5-7-16(12-14)24-19(25)10-11-20(24)26/h5-9,12-13H,10-11H2,1-4H3,(H,23,27). The van der Waals surface area contributed by atoms with E-state index in [0.717, 1.165) is 10.5 Å². The number of ether oxygens (including phenoxy) is 1. The predicted octanol–water partition coefficient (Wildman–Crippen LogP) is 3.90. The molecule has 1 aliphatic rings. The zero-order chi connectivity index (χ0) is 20.5. The fourth-order valence-corrected chi connectivity index (χ4v) is 3.12. The van der Waals surface area contributed by atoms with Crippen molar-refractivity contribution in [1.82, 2.24) is 0 Å². The number of hydrogen-bond acceptors (Lipinski definition) is 4. The maximum atomic E-state index is 12.8. The number of amides is 3. The fraction of sp³-hybridized carbons (Fsp3) is 0.318. The third-order valence-corrected chi connectivity index (χ3v) is 4.73. The summed E-state index contributed by atoms with van der Waals surface area (Å²) < 4.78 is 5.37. The van der Waals surface area contributed by atoms with Gasteiger partial charge in [0.25, 0.3) is 5.91 Å². The van der Waals surface area contributed by atoms with Gasteiger partial charge in [0.1, 0.15) is 5.75 Å². The van der Waals surface area contributed by atoms with Crippen LogP contribution in [0.3, 0.4) is 0 Å². The maximum Gasteiger partial charge on any atom is 0.255 e. The van der Waals surface area contributed by atoms with E-state index in [1.807, 2.05) is 18.2 Å². The lowest BCUT2D eigenvalue weighted by Crippen LogP contribution is -2.28. The summed E-state index contributed by atoms with van der Waals surface area (Å²) in [6.45, 7) is 6.27. The highest BCUT2D eigenvalue weighted by molar-refractivity contribution is 6.20. The highest BCUT2D eigenvalue weighted by atomic mass is 16.5. The quantitative estimate of drug-likeness (QED) is 0.817. The number of methoxy groups -OCH3 is 1. The molecular formula is C22H24N2O4. The van der Waals surface area contributed by atoms with E-state index >= 15 is 0 Å². The molecule has 0 atom stereocenters. The number of anilines is 2. The van der Waals surface area contributed by atoms with Gasteiger partial charge in [-0.25, -0.2) is 0 Å². The summed E-state index contributed by atoms with van der Waals surface area (Å²) in [5.41, 5.74) is 2.32. The SMILES string of the molecule is COc1ccc(C(C)(C)C)cc1NC(=O)c1cccc(N2C(=O)CCC2=O)c1. The van der Waals surface area contributed by atoms with Crippen molar-refractivity contribution in [1.29, 1.82) is 0 Å². The first-order chi connectivity index (χ1) is 13.2. The number of hydrogen-bond donors (Lipinski definition) is 1. The molecule has 3 rings (SSSR count). The summed E-state index contributed by atoms with van der Waals surface area (Å²) in [5.74, 6) is -0.281. The van der Waals surface area contributed by atoms with Crippen molar-refractivity contribution in [3.8, 4) is 5.75 Å². The van der Waals surface area contributed by atoms with E-state index in [2.05, 4.69) is 26.1 Å². The van der Waals surface area contributed by atoms with Gasteiger partial charge in [-0.2, -0.15) is 0 Å². The molecule has 1 fully saturated rings. The molecule has 28 heavy (non-hydrogen) atoms. The number of carbonyl (C=O) groups excluding carboxylic acids is 3. The van der Waals surface area contributed by atoms with Gasteiger partial charge in [-0.15, -0.1) is 0 Å². The maximum absolute atomic E-state index is 12.8. The molecule has 0 unspecified atom stereocenters. The van der Waals surface area contributed by atoms with E-state index < -0.39 is 0 Å². The minimum atomic E-state index is -0.342. The summed E-state index contributed by atoms with van der Waals surface area (Å²) in [7, 11) is 1.55. The number of benzene rings is 2. The van der Waals surface area contributed by atoms with E-state index in [1.165, 1.54) is 0 Å². The molecule has 2 aromatic carbocycles. The van der Waals surface area contributed by atoms with Crippen LogP contribution in [0.4, 0.5) is 11.4 Å². The normalized spacial score (nSPS) is 14.4. The van der Waals surface area contributed by atoms with Crippen molar-refractivity contribution in [2.75, 3.05) is 17.3 Å². The van der Waals surface area contributed by atoms with E-state index in [-0.39, 0.29) is 36.0 Å². The van der Waals surface area contributed by atoms with Crippen molar-refractivity contribution >= 4 is 29.1 Å². The van der Waals surface area contributed by atoms with Crippen molar-refractivity contribution in [2.24, 2.45) is 0 Å². The second kappa shape index (κ2) is 7.46. The van der Waals surface area contributed by atoms with Gasteiger partial charge in [0, 0.05) is 18.4 Å². The van der Waals surface area contributed by atoms with Crippen molar-refractivity contribution in [3.63, 3.8) is 0 Å². The van der Waals surface area contributed by atoms with Crippen LogP contribution in [0.5, 0.6) is 5.75 Å². The van der Waals surface area contributed by atoms with Crippen LogP contribution in [-0.2, 0) is 15.0 Å². The summed E-state index contributed by atoms with van der Waals surface area (Å²) in [5, 5.41) is 2.88. The molecule has 0 spiro atoms. The monoisotopic (exact) mass is 380 g/mol. The second-order valence-corrected chi connectivity index (χ2v) is 7.79. The van der Waals surface area contributed by atoms with Crippen LogP contribution < -0.4 is 15.0 Å². The highest BCUT2D eigenvalue weighted by Gasteiger charge is 2.30. The molecule has 1 saturated heterocycles. The number of imide groups is 1. The minimum Gasteiger partial charge on any atom is -0.495 e. The van der Waals surface area contributed by atoms with Gasteiger partial charge >= 0.3 is 0 Å². The van der Waals surface area contributed by atoms with Gasteiger partial charge in [-0.1, -0.05) is 32.9 Å². The Hall–Kier alpha value is -3.15. The molecule has 146 valence electrons. The summed E-state index contributed by atoms with van der Waals surface area (Å²) in [6.07, 6.45) is 0.401. The third-order valence-electron chi connectivity index (χ3n) is 4.73. The van der Waals surface area contributed by atoms with Crippen LogP contribution in [0.2, 0.25) is 0 Å². The lowest BCUT2D eigenvalue weighted by molar-refractivity contribution is -0.121. The topological polar surface area (TPSA) is 75.7 Å².